The van der Waals surface area contributed by atoms with E-state index in [4.69, 9.17) is 4.74 Å². The molecule has 0 aromatic heterocycles. The molecular weight excluding hydrogens is 308 g/mol. The topological polar surface area (TPSA) is 50.7 Å². The van der Waals surface area contributed by atoms with Gasteiger partial charge in [0.2, 0.25) is 0 Å². The quantitative estimate of drug-likeness (QED) is 0.501. The highest BCUT2D eigenvalue weighted by Crippen LogP contribution is 2.18. The second-order valence-corrected chi connectivity index (χ2v) is 6.00. The summed E-state index contributed by atoms with van der Waals surface area (Å²) in [5, 5.41) is 3.93. The molecule has 0 radical (unpaired) electrons. The lowest BCUT2D eigenvalue weighted by Gasteiger charge is -2.08. The third-order valence-electron chi connectivity index (χ3n) is 3.21. The minimum Gasteiger partial charge on any atom is -0.483 e. The number of hydrogen-bond acceptors (Lipinski definition) is 4. The number of nitrogens with zero attached hydrogens (tertiary/aromatic N) is 1. The summed E-state index contributed by atoms with van der Waals surface area (Å²) in [5.41, 5.74) is 5.56. The maximum atomic E-state index is 11.7. The standard InChI is InChI=1S/C18H20N2O2S/c1-13-4-9-17(14(2)10-13)22-12-18(21)20-19-11-15-5-7-16(23-3)8-6-15/h4-11H,12H2,1-3H3,(H,20,21)/b19-11-. The summed E-state index contributed by atoms with van der Waals surface area (Å²) in [6.07, 6.45) is 3.64. The van der Waals surface area contributed by atoms with Crippen molar-refractivity contribution in [2.75, 3.05) is 12.9 Å². The van der Waals surface area contributed by atoms with E-state index in [1.54, 1.807) is 18.0 Å². The van der Waals surface area contributed by atoms with E-state index in [1.807, 2.05) is 62.6 Å². The van der Waals surface area contributed by atoms with E-state index in [-0.39, 0.29) is 12.5 Å². The van der Waals surface area contributed by atoms with Gasteiger partial charge in [0.1, 0.15) is 5.75 Å². The molecular formula is C18H20N2O2S. The fourth-order valence-electron chi connectivity index (χ4n) is 2.01. The molecule has 0 fully saturated rings. The van der Waals surface area contributed by atoms with Crippen molar-refractivity contribution in [3.8, 4) is 5.75 Å². The van der Waals surface area contributed by atoms with Crippen molar-refractivity contribution in [3.63, 3.8) is 0 Å². The van der Waals surface area contributed by atoms with Gasteiger partial charge in [0.05, 0.1) is 6.21 Å². The van der Waals surface area contributed by atoms with Gasteiger partial charge in [-0.3, -0.25) is 4.79 Å². The van der Waals surface area contributed by atoms with E-state index in [2.05, 4.69) is 10.5 Å². The highest BCUT2D eigenvalue weighted by molar-refractivity contribution is 7.98. The third kappa shape index (κ3) is 5.45. The van der Waals surface area contributed by atoms with Crippen molar-refractivity contribution >= 4 is 23.9 Å². The molecule has 2 aromatic carbocycles. The van der Waals surface area contributed by atoms with Crippen molar-refractivity contribution in [1.82, 2.24) is 5.43 Å². The van der Waals surface area contributed by atoms with Gasteiger partial charge < -0.3 is 4.74 Å². The van der Waals surface area contributed by atoms with Crippen molar-refractivity contribution in [3.05, 3.63) is 59.2 Å². The molecule has 1 N–H and O–H groups in total. The van der Waals surface area contributed by atoms with E-state index >= 15 is 0 Å². The van der Waals surface area contributed by atoms with Crippen molar-refractivity contribution in [1.29, 1.82) is 0 Å². The first kappa shape index (κ1) is 17.1. The lowest BCUT2D eigenvalue weighted by atomic mass is 10.1. The summed E-state index contributed by atoms with van der Waals surface area (Å²) in [5.74, 6) is 0.421. The molecule has 23 heavy (non-hydrogen) atoms. The fraction of sp³-hybridized carbons (Fsp3) is 0.222. The van der Waals surface area contributed by atoms with Crippen LogP contribution in [0.4, 0.5) is 0 Å². The summed E-state index contributed by atoms with van der Waals surface area (Å²) in [6, 6.07) is 13.8. The van der Waals surface area contributed by atoms with Gasteiger partial charge in [0.15, 0.2) is 6.61 Å². The molecule has 0 aliphatic carbocycles. The van der Waals surface area contributed by atoms with Crippen LogP contribution in [0.25, 0.3) is 0 Å². The van der Waals surface area contributed by atoms with Crippen LogP contribution in [0.15, 0.2) is 52.5 Å². The number of ether oxygens (including phenoxy) is 1. The lowest BCUT2D eigenvalue weighted by molar-refractivity contribution is -0.123. The first-order valence-corrected chi connectivity index (χ1v) is 8.47. The second kappa shape index (κ2) is 8.39. The second-order valence-electron chi connectivity index (χ2n) is 5.12. The monoisotopic (exact) mass is 328 g/mol. The summed E-state index contributed by atoms with van der Waals surface area (Å²) in [7, 11) is 0. The SMILES string of the molecule is CSc1ccc(/C=N\NC(=O)COc2ccc(C)cc2C)cc1. The average Bonchev–Trinajstić information content (AvgIpc) is 2.54. The first-order valence-electron chi connectivity index (χ1n) is 7.24. The van der Waals surface area contributed by atoms with E-state index < -0.39 is 0 Å². The smallest absolute Gasteiger partial charge is 0.277 e. The number of hydrazone groups is 1. The van der Waals surface area contributed by atoms with Gasteiger partial charge in [-0.2, -0.15) is 5.10 Å². The molecule has 0 heterocycles. The summed E-state index contributed by atoms with van der Waals surface area (Å²) >= 11 is 1.68. The van der Waals surface area contributed by atoms with Gasteiger partial charge >= 0.3 is 0 Å². The fourth-order valence-corrected chi connectivity index (χ4v) is 2.41. The molecule has 0 unspecified atom stereocenters. The predicted molar refractivity (Wildman–Crippen MR) is 95.4 cm³/mol. The van der Waals surface area contributed by atoms with Crippen LogP contribution in [-0.4, -0.2) is 25.0 Å². The van der Waals surface area contributed by atoms with E-state index in [0.717, 1.165) is 16.7 Å². The third-order valence-corrected chi connectivity index (χ3v) is 3.95. The highest BCUT2D eigenvalue weighted by atomic mass is 32.2. The number of carbonyl (C=O) groups is 1. The van der Waals surface area contributed by atoms with E-state index in [1.165, 1.54) is 4.90 Å². The molecule has 0 aliphatic rings. The van der Waals surface area contributed by atoms with Gasteiger partial charge in [-0.1, -0.05) is 29.8 Å². The maximum absolute atomic E-state index is 11.7. The van der Waals surface area contributed by atoms with Gasteiger partial charge in [-0.05, 0) is 49.4 Å². The van der Waals surface area contributed by atoms with Crippen molar-refractivity contribution in [2.24, 2.45) is 5.10 Å². The molecule has 120 valence electrons. The number of thioether (sulfide) groups is 1. The minimum absolute atomic E-state index is 0.0628. The summed E-state index contributed by atoms with van der Waals surface area (Å²) in [6.45, 7) is 3.91. The Morgan fingerprint density at radius 3 is 2.61 bits per heavy atom. The maximum Gasteiger partial charge on any atom is 0.277 e. The molecule has 0 saturated carbocycles. The number of benzene rings is 2. The van der Waals surface area contributed by atoms with Crippen LogP contribution in [0.5, 0.6) is 5.75 Å². The zero-order chi connectivity index (χ0) is 16.7. The number of hydrogen-bond donors (Lipinski definition) is 1. The molecule has 1 amide bonds. The number of rotatable bonds is 6. The molecule has 5 heteroatoms. The van der Waals surface area contributed by atoms with E-state index in [9.17, 15) is 4.79 Å². The minimum atomic E-state index is -0.290. The Kier molecular flexibility index (Phi) is 6.23. The molecule has 0 spiro atoms. The van der Waals surface area contributed by atoms with Crippen LogP contribution < -0.4 is 10.2 Å². The normalized spacial score (nSPS) is 10.7. The number of aryl methyl sites for hydroxylation is 2. The number of amides is 1. The average molecular weight is 328 g/mol. The van der Waals surface area contributed by atoms with Crippen molar-refractivity contribution in [2.45, 2.75) is 18.7 Å². The van der Waals surface area contributed by atoms with Crippen LogP contribution in [0.1, 0.15) is 16.7 Å². The van der Waals surface area contributed by atoms with Crippen LogP contribution >= 0.6 is 11.8 Å². The number of carbonyl (C=O) groups excluding carboxylic acids is 1. The Bertz CT molecular complexity index is 697. The zero-order valence-electron chi connectivity index (χ0n) is 13.5. The van der Waals surface area contributed by atoms with E-state index in [0.29, 0.717) is 5.75 Å². The molecule has 4 nitrogen and oxygen atoms in total. The van der Waals surface area contributed by atoms with Crippen molar-refractivity contribution < 1.29 is 9.53 Å². The Labute approximate surface area is 140 Å². The summed E-state index contributed by atoms with van der Waals surface area (Å²) < 4.78 is 5.50. The van der Waals surface area contributed by atoms with Gasteiger partial charge in [-0.15, -0.1) is 11.8 Å². The molecule has 0 saturated heterocycles. The largest absolute Gasteiger partial charge is 0.483 e. The van der Waals surface area contributed by atoms with Crippen LogP contribution in [-0.2, 0) is 4.79 Å². The Morgan fingerprint density at radius 1 is 1.22 bits per heavy atom. The highest BCUT2D eigenvalue weighted by Gasteiger charge is 2.04. The summed E-state index contributed by atoms with van der Waals surface area (Å²) in [4.78, 5) is 12.9. The Balaban J connectivity index is 1.81. The number of nitrogens with one attached hydrogen (secondary N) is 1. The Morgan fingerprint density at radius 2 is 1.96 bits per heavy atom. The van der Waals surface area contributed by atoms with Gasteiger partial charge in [0.25, 0.3) is 5.91 Å². The van der Waals surface area contributed by atoms with Gasteiger partial charge in [0, 0.05) is 4.90 Å². The van der Waals surface area contributed by atoms with Crippen LogP contribution in [0, 0.1) is 13.8 Å². The molecule has 2 rings (SSSR count). The molecule has 2 aromatic rings. The van der Waals surface area contributed by atoms with Crippen LogP contribution in [0.3, 0.4) is 0 Å². The zero-order valence-corrected chi connectivity index (χ0v) is 14.3. The Hall–Kier alpha value is -2.27. The van der Waals surface area contributed by atoms with Gasteiger partial charge in [-0.25, -0.2) is 5.43 Å². The van der Waals surface area contributed by atoms with Crippen LogP contribution in [0.2, 0.25) is 0 Å². The molecule has 0 atom stereocenters. The lowest BCUT2D eigenvalue weighted by Crippen LogP contribution is -2.24. The predicted octanol–water partition coefficient (Wildman–Crippen LogP) is 3.55. The molecule has 0 aliphatic heterocycles. The molecule has 0 bridgehead atoms. The first-order chi connectivity index (χ1) is 11.1.